The van der Waals surface area contributed by atoms with Crippen LogP contribution in [0.5, 0.6) is 5.75 Å². The number of aliphatic hydroxyl groups excluding tert-OH is 8. The Morgan fingerprint density at radius 3 is 1.76 bits per heavy atom. The first-order valence-electron chi connectivity index (χ1n) is 10.7. The number of aliphatic hydroxyl groups is 8. The fourth-order valence-electron chi connectivity index (χ4n) is 3.65. The lowest BCUT2D eigenvalue weighted by atomic mass is 9.98. The molecule has 0 radical (unpaired) electrons. The first-order chi connectivity index (χ1) is 16.1. The number of esters is 1. The van der Waals surface area contributed by atoms with Crippen LogP contribution in [0.3, 0.4) is 0 Å². The molecule has 0 spiro atoms. The van der Waals surface area contributed by atoms with Crippen molar-refractivity contribution in [3.63, 3.8) is 0 Å². The van der Waals surface area contributed by atoms with E-state index < -0.39 is 86.5 Å². The third-order valence-electron chi connectivity index (χ3n) is 5.92. The van der Waals surface area contributed by atoms with E-state index in [0.717, 1.165) is 0 Å². The molecule has 13 heteroatoms. The fraction of sp³-hybridized carbons (Fsp3) is 0.667. The number of carbonyl (C=O) groups is 1. The summed E-state index contributed by atoms with van der Waals surface area (Å²) >= 11 is 0. The predicted molar refractivity (Wildman–Crippen MR) is 109 cm³/mol. The minimum absolute atomic E-state index is 0.197. The van der Waals surface area contributed by atoms with Crippen LogP contribution in [-0.4, -0.2) is 121 Å². The van der Waals surface area contributed by atoms with Crippen LogP contribution in [0, 0.1) is 0 Å². The van der Waals surface area contributed by atoms with E-state index in [1.54, 1.807) is 0 Å². The lowest BCUT2D eigenvalue weighted by Gasteiger charge is -2.39. The highest BCUT2D eigenvalue weighted by Crippen LogP contribution is 2.28. The van der Waals surface area contributed by atoms with E-state index in [4.69, 9.17) is 18.9 Å². The molecule has 1 aromatic rings. The molecule has 8 N–H and O–H groups in total. The summed E-state index contributed by atoms with van der Waals surface area (Å²) in [7, 11) is 0. The van der Waals surface area contributed by atoms with E-state index in [0.29, 0.717) is 5.56 Å². The number of hydrogen-bond acceptors (Lipinski definition) is 13. The summed E-state index contributed by atoms with van der Waals surface area (Å²) in [5, 5.41) is 77.8. The molecule has 2 aliphatic rings. The molecule has 0 aromatic heterocycles. The monoisotopic (exact) mass is 490 g/mol. The van der Waals surface area contributed by atoms with Crippen molar-refractivity contribution in [3.05, 3.63) is 29.8 Å². The van der Waals surface area contributed by atoms with E-state index in [1.807, 2.05) is 0 Å². The Hall–Kier alpha value is -1.91. The van der Waals surface area contributed by atoms with Gasteiger partial charge in [-0.1, -0.05) is 12.1 Å². The Kier molecular flexibility index (Phi) is 8.81. The van der Waals surface area contributed by atoms with Crippen molar-refractivity contribution in [2.24, 2.45) is 0 Å². The molecule has 3 rings (SSSR count). The van der Waals surface area contributed by atoms with Crippen molar-refractivity contribution in [1.29, 1.82) is 0 Å². The normalized spacial score (nSPS) is 39.3. The number of ether oxygens (including phenoxy) is 4. The van der Waals surface area contributed by atoms with Crippen LogP contribution >= 0.6 is 0 Å². The summed E-state index contributed by atoms with van der Waals surface area (Å²) in [6.07, 6.45) is -15.0. The van der Waals surface area contributed by atoms with E-state index in [9.17, 15) is 45.6 Å². The SMILES string of the molecule is CC(C(=O)OC1OC(CO)C(O)C(O)C1O)c1ccc(OC2OC(CO)C(O)C(O)C2O)cc1. The van der Waals surface area contributed by atoms with Crippen LogP contribution in [0.1, 0.15) is 18.4 Å². The average molecular weight is 490 g/mol. The second-order valence-electron chi connectivity index (χ2n) is 8.24. The van der Waals surface area contributed by atoms with Crippen LogP contribution in [0.4, 0.5) is 0 Å². The van der Waals surface area contributed by atoms with Gasteiger partial charge in [-0.2, -0.15) is 0 Å². The molecule has 2 fully saturated rings. The first kappa shape index (κ1) is 26.7. The highest BCUT2D eigenvalue weighted by atomic mass is 16.7. The van der Waals surface area contributed by atoms with Crippen molar-refractivity contribution < 1.29 is 64.6 Å². The number of hydrogen-bond donors (Lipinski definition) is 8. The van der Waals surface area contributed by atoms with Crippen LogP contribution in [-0.2, 0) is 19.0 Å². The zero-order valence-corrected chi connectivity index (χ0v) is 18.2. The molecule has 0 aliphatic carbocycles. The molecular weight excluding hydrogens is 460 g/mol. The standard InChI is InChI=1S/C21H30O13/c1-8(19(30)34-21-18(29)16(27)14(25)12(7-23)33-21)9-2-4-10(5-3-9)31-20-17(28)15(26)13(24)11(6-22)32-20/h2-5,8,11-18,20-29H,6-7H2,1H3. The van der Waals surface area contributed by atoms with Crippen LogP contribution in [0.15, 0.2) is 24.3 Å². The molecule has 1 aromatic carbocycles. The number of rotatable bonds is 7. The highest BCUT2D eigenvalue weighted by molar-refractivity contribution is 5.77. The van der Waals surface area contributed by atoms with E-state index in [2.05, 4.69) is 0 Å². The Labute approximate surface area is 194 Å². The second-order valence-corrected chi connectivity index (χ2v) is 8.24. The van der Waals surface area contributed by atoms with Crippen LogP contribution in [0.25, 0.3) is 0 Å². The smallest absolute Gasteiger partial charge is 0.315 e. The highest BCUT2D eigenvalue weighted by Gasteiger charge is 2.46. The lowest BCUT2D eigenvalue weighted by molar-refractivity contribution is -0.293. The fourth-order valence-corrected chi connectivity index (χ4v) is 3.65. The van der Waals surface area contributed by atoms with Crippen molar-refractivity contribution in [2.75, 3.05) is 13.2 Å². The van der Waals surface area contributed by atoms with Gasteiger partial charge in [-0.3, -0.25) is 4.79 Å². The maximum atomic E-state index is 12.5. The molecule has 192 valence electrons. The van der Waals surface area contributed by atoms with Gasteiger partial charge in [0.2, 0.25) is 12.6 Å². The Morgan fingerprint density at radius 1 is 0.794 bits per heavy atom. The molecule has 34 heavy (non-hydrogen) atoms. The van der Waals surface area contributed by atoms with Crippen molar-refractivity contribution in [3.8, 4) is 5.75 Å². The molecule has 2 saturated heterocycles. The number of benzene rings is 1. The van der Waals surface area contributed by atoms with E-state index in [-0.39, 0.29) is 5.75 Å². The number of carbonyl (C=O) groups excluding carboxylic acids is 1. The molecule has 2 heterocycles. The molecule has 11 atom stereocenters. The van der Waals surface area contributed by atoms with Gasteiger partial charge in [0.25, 0.3) is 0 Å². The molecule has 13 nitrogen and oxygen atoms in total. The van der Waals surface area contributed by atoms with Gasteiger partial charge in [0.1, 0.15) is 54.6 Å². The van der Waals surface area contributed by atoms with Crippen molar-refractivity contribution >= 4 is 5.97 Å². The third-order valence-corrected chi connectivity index (χ3v) is 5.92. The second kappa shape index (κ2) is 11.2. The van der Waals surface area contributed by atoms with Gasteiger partial charge in [-0.05, 0) is 24.6 Å². The zero-order valence-electron chi connectivity index (χ0n) is 18.2. The zero-order chi connectivity index (χ0) is 25.2. The summed E-state index contributed by atoms with van der Waals surface area (Å²) in [5.74, 6) is -1.47. The Bertz CT molecular complexity index is 800. The Morgan fingerprint density at radius 2 is 1.26 bits per heavy atom. The lowest BCUT2D eigenvalue weighted by Crippen LogP contribution is -2.60. The molecule has 11 unspecified atom stereocenters. The molecule has 0 amide bonds. The van der Waals surface area contributed by atoms with E-state index >= 15 is 0 Å². The van der Waals surface area contributed by atoms with Gasteiger partial charge < -0.3 is 59.8 Å². The van der Waals surface area contributed by atoms with Gasteiger partial charge in [0.15, 0.2) is 0 Å². The minimum atomic E-state index is -1.72. The summed E-state index contributed by atoms with van der Waals surface area (Å²) in [4.78, 5) is 12.5. The molecule has 0 bridgehead atoms. The summed E-state index contributed by atoms with van der Waals surface area (Å²) in [5.41, 5.74) is 0.468. The summed E-state index contributed by atoms with van der Waals surface area (Å²) in [6, 6.07) is 5.93. The van der Waals surface area contributed by atoms with Crippen molar-refractivity contribution in [2.45, 2.75) is 74.3 Å². The quantitative estimate of drug-likeness (QED) is 0.173. The maximum Gasteiger partial charge on any atom is 0.315 e. The molecular formula is C21H30O13. The first-order valence-corrected chi connectivity index (χ1v) is 10.7. The van der Waals surface area contributed by atoms with Crippen LogP contribution < -0.4 is 4.74 Å². The topological polar surface area (TPSA) is 216 Å². The van der Waals surface area contributed by atoms with Gasteiger partial charge in [0, 0.05) is 0 Å². The predicted octanol–water partition coefficient (Wildman–Crippen LogP) is -3.69. The maximum absolute atomic E-state index is 12.5. The molecule has 0 saturated carbocycles. The van der Waals surface area contributed by atoms with Gasteiger partial charge in [0.05, 0.1) is 19.1 Å². The third kappa shape index (κ3) is 5.49. The largest absolute Gasteiger partial charge is 0.462 e. The Balaban J connectivity index is 1.61. The average Bonchev–Trinajstić information content (AvgIpc) is 2.84. The molecule has 2 aliphatic heterocycles. The van der Waals surface area contributed by atoms with Crippen LogP contribution in [0.2, 0.25) is 0 Å². The minimum Gasteiger partial charge on any atom is -0.462 e. The summed E-state index contributed by atoms with van der Waals surface area (Å²) < 4.78 is 21.1. The van der Waals surface area contributed by atoms with Gasteiger partial charge in [-0.15, -0.1) is 0 Å². The summed E-state index contributed by atoms with van der Waals surface area (Å²) in [6.45, 7) is 0.252. The van der Waals surface area contributed by atoms with Crippen molar-refractivity contribution in [1.82, 2.24) is 0 Å². The van der Waals surface area contributed by atoms with Gasteiger partial charge in [-0.25, -0.2) is 0 Å². The van der Waals surface area contributed by atoms with Gasteiger partial charge >= 0.3 is 5.97 Å². The van der Waals surface area contributed by atoms with E-state index in [1.165, 1.54) is 31.2 Å².